The fourth-order valence-electron chi connectivity index (χ4n) is 1.44. The molecular formula is C11H16O5. The van der Waals surface area contributed by atoms with Gasteiger partial charge in [0.25, 0.3) is 0 Å². The first kappa shape index (κ1) is 12.7. The van der Waals surface area contributed by atoms with Crippen LogP contribution in [0.2, 0.25) is 0 Å². The molecule has 0 radical (unpaired) electrons. The van der Waals surface area contributed by atoms with Gasteiger partial charge in [-0.05, 0) is 25.8 Å². The second-order valence-electron chi connectivity index (χ2n) is 3.22. The zero-order valence-corrected chi connectivity index (χ0v) is 9.58. The van der Waals surface area contributed by atoms with Gasteiger partial charge in [-0.2, -0.15) is 0 Å². The molecular weight excluding hydrogens is 212 g/mol. The Labute approximate surface area is 94.4 Å². The lowest BCUT2D eigenvalue weighted by molar-refractivity contribution is -0.146. The van der Waals surface area contributed by atoms with Gasteiger partial charge in [-0.25, -0.2) is 9.59 Å². The largest absolute Gasteiger partial charge is 0.462 e. The van der Waals surface area contributed by atoms with Crippen molar-refractivity contribution < 1.29 is 23.8 Å². The molecule has 0 amide bonds. The van der Waals surface area contributed by atoms with E-state index in [-0.39, 0.29) is 18.8 Å². The molecule has 0 saturated carbocycles. The van der Waals surface area contributed by atoms with Crippen LogP contribution in [0, 0.1) is 0 Å². The number of carbonyl (C=O) groups excluding carboxylic acids is 2. The minimum absolute atomic E-state index is 0.00111. The van der Waals surface area contributed by atoms with E-state index in [1.165, 1.54) is 0 Å². The van der Waals surface area contributed by atoms with Gasteiger partial charge < -0.3 is 14.2 Å². The zero-order chi connectivity index (χ0) is 12.0. The molecule has 0 atom stereocenters. The molecule has 1 heterocycles. The van der Waals surface area contributed by atoms with Gasteiger partial charge >= 0.3 is 11.9 Å². The molecule has 16 heavy (non-hydrogen) atoms. The minimum atomic E-state index is -0.624. The van der Waals surface area contributed by atoms with Crippen LogP contribution in [0.1, 0.15) is 20.3 Å². The number of hydrogen-bond acceptors (Lipinski definition) is 5. The van der Waals surface area contributed by atoms with Gasteiger partial charge in [-0.3, -0.25) is 0 Å². The topological polar surface area (TPSA) is 61.8 Å². The van der Waals surface area contributed by atoms with Crippen LogP contribution in [0.15, 0.2) is 11.1 Å². The van der Waals surface area contributed by atoms with Gasteiger partial charge in [-0.1, -0.05) is 0 Å². The SMILES string of the molecule is CCOC(=O)C(C(=O)OCC)=C1CCOC1. The molecule has 0 spiro atoms. The third-order valence-corrected chi connectivity index (χ3v) is 2.14. The van der Waals surface area contributed by atoms with E-state index in [9.17, 15) is 9.59 Å². The van der Waals surface area contributed by atoms with Crippen molar-refractivity contribution >= 4 is 11.9 Å². The Morgan fingerprint density at radius 3 is 2.12 bits per heavy atom. The number of carbonyl (C=O) groups is 2. The Morgan fingerprint density at radius 1 is 1.19 bits per heavy atom. The van der Waals surface area contributed by atoms with Crippen LogP contribution in [-0.2, 0) is 23.8 Å². The Balaban J connectivity index is 2.88. The van der Waals surface area contributed by atoms with Crippen LogP contribution in [0.3, 0.4) is 0 Å². The first-order chi connectivity index (χ1) is 7.70. The summed E-state index contributed by atoms with van der Waals surface area (Å²) in [5.74, 6) is -1.25. The smallest absolute Gasteiger partial charge is 0.345 e. The molecule has 0 unspecified atom stereocenters. The molecule has 90 valence electrons. The number of esters is 2. The van der Waals surface area contributed by atoms with E-state index in [0.29, 0.717) is 25.2 Å². The molecule has 1 saturated heterocycles. The van der Waals surface area contributed by atoms with Gasteiger partial charge in [0.15, 0.2) is 0 Å². The maximum Gasteiger partial charge on any atom is 0.345 e. The fraction of sp³-hybridized carbons (Fsp3) is 0.636. The maximum atomic E-state index is 11.6. The first-order valence-corrected chi connectivity index (χ1v) is 5.34. The first-order valence-electron chi connectivity index (χ1n) is 5.34. The van der Waals surface area contributed by atoms with E-state index >= 15 is 0 Å². The van der Waals surface area contributed by atoms with Crippen molar-refractivity contribution in [2.24, 2.45) is 0 Å². The highest BCUT2D eigenvalue weighted by molar-refractivity contribution is 6.14. The molecule has 5 heteroatoms. The van der Waals surface area contributed by atoms with Gasteiger partial charge in [0.05, 0.1) is 26.4 Å². The average Bonchev–Trinajstić information content (AvgIpc) is 2.72. The molecule has 1 rings (SSSR count). The zero-order valence-electron chi connectivity index (χ0n) is 9.58. The minimum Gasteiger partial charge on any atom is -0.462 e. The molecule has 0 aliphatic carbocycles. The van der Waals surface area contributed by atoms with Crippen molar-refractivity contribution in [3.63, 3.8) is 0 Å². The summed E-state index contributed by atoms with van der Waals surface area (Å²) in [7, 11) is 0. The molecule has 0 aromatic carbocycles. The highest BCUT2D eigenvalue weighted by Gasteiger charge is 2.27. The quantitative estimate of drug-likeness (QED) is 0.308. The van der Waals surface area contributed by atoms with Crippen LogP contribution in [0.4, 0.5) is 0 Å². The summed E-state index contributed by atoms with van der Waals surface area (Å²) in [5.41, 5.74) is 0.665. The monoisotopic (exact) mass is 228 g/mol. The Morgan fingerprint density at radius 2 is 1.75 bits per heavy atom. The van der Waals surface area contributed by atoms with Crippen molar-refractivity contribution in [2.45, 2.75) is 20.3 Å². The van der Waals surface area contributed by atoms with Crippen LogP contribution in [0.5, 0.6) is 0 Å². The Kier molecular flexibility index (Phi) is 4.98. The molecule has 0 aromatic heterocycles. The van der Waals surface area contributed by atoms with Gasteiger partial charge in [0.2, 0.25) is 0 Å². The van der Waals surface area contributed by atoms with E-state index in [2.05, 4.69) is 0 Å². The van der Waals surface area contributed by atoms with Crippen molar-refractivity contribution in [3.8, 4) is 0 Å². The average molecular weight is 228 g/mol. The second-order valence-corrected chi connectivity index (χ2v) is 3.22. The maximum absolute atomic E-state index is 11.6. The normalized spacial score (nSPS) is 14.8. The van der Waals surface area contributed by atoms with Crippen LogP contribution in [-0.4, -0.2) is 38.4 Å². The predicted octanol–water partition coefficient (Wildman–Crippen LogP) is 0.829. The van der Waals surface area contributed by atoms with E-state index in [1.807, 2.05) is 0 Å². The van der Waals surface area contributed by atoms with Gasteiger partial charge in [0, 0.05) is 0 Å². The predicted molar refractivity (Wildman–Crippen MR) is 55.7 cm³/mol. The second kappa shape index (κ2) is 6.27. The molecule has 0 aromatic rings. The summed E-state index contributed by atoms with van der Waals surface area (Å²) < 4.78 is 14.8. The molecule has 1 aliphatic rings. The van der Waals surface area contributed by atoms with E-state index in [0.717, 1.165) is 0 Å². The van der Waals surface area contributed by atoms with Crippen molar-refractivity contribution in [1.29, 1.82) is 0 Å². The molecule has 0 bridgehead atoms. The molecule has 1 fully saturated rings. The lowest BCUT2D eigenvalue weighted by Gasteiger charge is -2.08. The summed E-state index contributed by atoms with van der Waals surface area (Å²) in [6.07, 6.45) is 0.576. The Hall–Kier alpha value is -1.36. The third-order valence-electron chi connectivity index (χ3n) is 2.14. The van der Waals surface area contributed by atoms with E-state index < -0.39 is 11.9 Å². The summed E-state index contributed by atoms with van der Waals surface area (Å²) in [6, 6.07) is 0. The fourth-order valence-corrected chi connectivity index (χ4v) is 1.44. The highest BCUT2D eigenvalue weighted by atomic mass is 16.6. The lowest BCUT2D eigenvalue weighted by atomic mass is 10.1. The van der Waals surface area contributed by atoms with Crippen molar-refractivity contribution in [2.75, 3.05) is 26.4 Å². The summed E-state index contributed by atoms with van der Waals surface area (Å²) in [5, 5.41) is 0. The van der Waals surface area contributed by atoms with Crippen LogP contribution in [0.25, 0.3) is 0 Å². The number of ether oxygens (including phenoxy) is 3. The van der Waals surface area contributed by atoms with Crippen LogP contribution >= 0.6 is 0 Å². The summed E-state index contributed by atoms with van der Waals surface area (Å²) >= 11 is 0. The third kappa shape index (κ3) is 3.06. The summed E-state index contributed by atoms with van der Waals surface area (Å²) in [4.78, 5) is 23.2. The van der Waals surface area contributed by atoms with Gasteiger partial charge in [-0.15, -0.1) is 0 Å². The molecule has 5 nitrogen and oxygen atoms in total. The standard InChI is InChI=1S/C11H16O5/c1-3-15-10(12)9(11(13)16-4-2)8-5-6-14-7-8/h3-7H2,1-2H3. The van der Waals surface area contributed by atoms with Crippen LogP contribution < -0.4 is 0 Å². The van der Waals surface area contributed by atoms with Crippen molar-refractivity contribution in [3.05, 3.63) is 11.1 Å². The molecule has 1 aliphatic heterocycles. The number of rotatable bonds is 4. The van der Waals surface area contributed by atoms with Crippen molar-refractivity contribution in [1.82, 2.24) is 0 Å². The lowest BCUT2D eigenvalue weighted by Crippen LogP contribution is -2.20. The van der Waals surface area contributed by atoms with Gasteiger partial charge in [0.1, 0.15) is 5.57 Å². The van der Waals surface area contributed by atoms with E-state index in [1.54, 1.807) is 13.8 Å². The summed E-state index contributed by atoms with van der Waals surface area (Å²) in [6.45, 7) is 4.67. The number of hydrogen-bond donors (Lipinski definition) is 0. The van der Waals surface area contributed by atoms with E-state index in [4.69, 9.17) is 14.2 Å². The molecule has 0 N–H and O–H groups in total. The highest BCUT2D eigenvalue weighted by Crippen LogP contribution is 2.18. The Bertz CT molecular complexity index is 277.